The maximum atomic E-state index is 14.2. The topological polar surface area (TPSA) is 81.1 Å². The third-order valence-electron chi connectivity index (χ3n) is 3.98. The smallest absolute Gasteiger partial charge is 0.368 e. The molecule has 1 aliphatic carbocycles. The average Bonchev–Trinajstić information content (AvgIpc) is 2.55. The van der Waals surface area contributed by atoms with Gasteiger partial charge in [0.1, 0.15) is 0 Å². The van der Waals surface area contributed by atoms with Gasteiger partial charge in [0, 0.05) is 0 Å². The molecule has 118 valence electrons. The molecule has 23 heavy (non-hydrogen) atoms. The number of aromatic nitrogens is 3. The molecule has 0 unspecified atom stereocenters. The molecule has 1 aromatic heterocycles. The van der Waals surface area contributed by atoms with E-state index in [1.54, 1.807) is 0 Å². The maximum Gasteiger partial charge on any atom is 0.474 e. The van der Waals surface area contributed by atoms with Crippen LogP contribution < -0.4 is 11.1 Å². The van der Waals surface area contributed by atoms with E-state index >= 15 is 0 Å². The van der Waals surface area contributed by atoms with Gasteiger partial charge in [-0.05, 0) is 35.2 Å². The zero-order chi connectivity index (χ0) is 16.4. The summed E-state index contributed by atoms with van der Waals surface area (Å²) in [6.45, 7) is 6.24. The first-order chi connectivity index (χ1) is 11.0. The lowest BCUT2D eigenvalue weighted by molar-refractivity contribution is 0.245. The van der Waals surface area contributed by atoms with Crippen molar-refractivity contribution in [3.05, 3.63) is 46.1 Å². The summed E-state index contributed by atoms with van der Waals surface area (Å²) in [7, 11) is 0. The Morgan fingerprint density at radius 1 is 1.35 bits per heavy atom. The second-order valence-electron chi connectivity index (χ2n) is 5.71. The molecule has 1 aromatic carbocycles. The number of rotatable bonds is 3. The van der Waals surface area contributed by atoms with Crippen LogP contribution in [0.1, 0.15) is 42.8 Å². The van der Waals surface area contributed by atoms with Crippen LogP contribution in [-0.4, -0.2) is 15.0 Å². The molecule has 1 aliphatic rings. The van der Waals surface area contributed by atoms with Crippen LogP contribution in [0.4, 0.5) is 16.3 Å². The highest BCUT2D eigenvalue weighted by molar-refractivity contribution is 5.40. The van der Waals surface area contributed by atoms with Crippen molar-refractivity contribution in [2.75, 3.05) is 11.1 Å². The number of benzene rings is 1. The van der Waals surface area contributed by atoms with Crippen LogP contribution >= 0.6 is 0 Å². The number of nitrogens with zero attached hydrogens (tertiary/aromatic N) is 4. The van der Waals surface area contributed by atoms with Gasteiger partial charge in [-0.2, -0.15) is 15.0 Å². The third-order valence-corrected chi connectivity index (χ3v) is 3.98. The predicted molar refractivity (Wildman–Crippen MR) is 86.7 cm³/mol. The Balaban J connectivity index is 1.92. The minimum absolute atomic E-state index is 0.0512. The molecule has 7 heteroatoms. The third kappa shape index (κ3) is 3.06. The molecule has 0 saturated heterocycles. The van der Waals surface area contributed by atoms with Gasteiger partial charge in [0.25, 0.3) is 12.4 Å². The van der Waals surface area contributed by atoms with Crippen molar-refractivity contribution < 1.29 is 4.39 Å². The number of aryl methyl sites for hydroxylation is 1. The van der Waals surface area contributed by atoms with Crippen LogP contribution in [0.25, 0.3) is 4.85 Å². The van der Waals surface area contributed by atoms with Crippen LogP contribution in [-0.2, 0) is 12.2 Å². The van der Waals surface area contributed by atoms with E-state index in [2.05, 4.69) is 37.2 Å². The highest BCUT2D eigenvalue weighted by Crippen LogP contribution is 2.32. The van der Waals surface area contributed by atoms with Crippen LogP contribution in [0.2, 0.25) is 0 Å². The number of nitrogens with two attached hydrogens (primary N) is 1. The normalized spacial score (nSPS) is 19.3. The van der Waals surface area contributed by atoms with Gasteiger partial charge in [0.05, 0.1) is 13.0 Å². The van der Waals surface area contributed by atoms with Crippen molar-refractivity contribution in [2.45, 2.75) is 38.0 Å². The van der Waals surface area contributed by atoms with Crippen LogP contribution in [0, 0.1) is 6.57 Å². The lowest BCUT2D eigenvalue weighted by Gasteiger charge is -2.26. The molecule has 1 heterocycles. The van der Waals surface area contributed by atoms with Gasteiger partial charge in [-0.1, -0.05) is 24.3 Å². The number of hydrogen-bond donors (Lipinski definition) is 2. The zero-order valence-corrected chi connectivity index (χ0v) is 12.8. The average molecular weight is 313 g/mol. The van der Waals surface area contributed by atoms with Gasteiger partial charge in [0.15, 0.2) is 0 Å². The number of halogens is 1. The highest BCUT2D eigenvalue weighted by atomic mass is 19.1. The first-order valence-electron chi connectivity index (χ1n) is 7.47. The summed E-state index contributed by atoms with van der Waals surface area (Å²) < 4.78 is 14.2. The fourth-order valence-corrected chi connectivity index (χ4v) is 2.78. The monoisotopic (exact) mass is 313 g/mol. The van der Waals surface area contributed by atoms with E-state index < -0.39 is 5.79 Å². The molecule has 3 rings (SSSR count). The minimum Gasteiger partial charge on any atom is -0.368 e. The number of fused-ring (bicyclic) bond motifs is 1. The SMILES string of the molecule is C#[N+][C@](C)(F)c1nc(N)nc(N[C@@H]2CCCc3ccccc32)n1. The number of alkyl halides is 1. The number of hydrogen-bond acceptors (Lipinski definition) is 5. The van der Waals surface area contributed by atoms with Gasteiger partial charge < -0.3 is 11.1 Å². The zero-order valence-electron chi connectivity index (χ0n) is 12.8. The Hall–Kier alpha value is -2.75. The standard InChI is InChI=1S/C16H18FN6/c1-16(17,19-2)13-21-14(18)23-15(22-13)20-12-9-5-7-10-6-3-4-8-11(10)12/h2-4,6,8,12H,5,7,9H2,1H3,(H3,18,20,21,22,23)/q+1/t12-,16+/m1/s1. The van der Waals surface area contributed by atoms with Gasteiger partial charge in [-0.3, -0.25) is 0 Å². The molecule has 0 bridgehead atoms. The quantitative estimate of drug-likeness (QED) is 0.851. The van der Waals surface area contributed by atoms with Crippen molar-refractivity contribution in [1.82, 2.24) is 15.0 Å². The van der Waals surface area contributed by atoms with Gasteiger partial charge in [0.2, 0.25) is 11.9 Å². The van der Waals surface area contributed by atoms with Crippen molar-refractivity contribution >= 4 is 11.9 Å². The molecule has 2 atom stereocenters. The molecule has 6 nitrogen and oxygen atoms in total. The van der Waals surface area contributed by atoms with E-state index in [1.807, 2.05) is 12.1 Å². The summed E-state index contributed by atoms with van der Waals surface area (Å²) in [6.07, 6.45) is 3.04. The summed E-state index contributed by atoms with van der Waals surface area (Å²) in [4.78, 5) is 15.1. The minimum atomic E-state index is -2.21. The first-order valence-corrected chi connectivity index (χ1v) is 7.47. The molecule has 0 aliphatic heterocycles. The Morgan fingerprint density at radius 3 is 2.91 bits per heavy atom. The molecule has 0 fully saturated rings. The van der Waals surface area contributed by atoms with E-state index in [9.17, 15) is 4.39 Å². The summed E-state index contributed by atoms with van der Waals surface area (Å²) in [6, 6.07) is 8.26. The van der Waals surface area contributed by atoms with Gasteiger partial charge >= 0.3 is 5.79 Å². The number of nitrogen functional groups attached to an aromatic ring is 1. The molecule has 0 saturated carbocycles. The summed E-state index contributed by atoms with van der Waals surface area (Å²) in [5, 5.41) is 3.22. The van der Waals surface area contributed by atoms with Crippen molar-refractivity contribution in [3.8, 4) is 6.57 Å². The Labute approximate surface area is 133 Å². The molecule has 0 spiro atoms. The Bertz CT molecular complexity index is 767. The summed E-state index contributed by atoms with van der Waals surface area (Å²) in [5.41, 5.74) is 8.16. The maximum absolute atomic E-state index is 14.2. The van der Waals surface area contributed by atoms with Crippen molar-refractivity contribution in [3.63, 3.8) is 0 Å². The molecular weight excluding hydrogens is 295 g/mol. The number of nitrogens with one attached hydrogen (secondary N) is 1. The molecule has 0 amide bonds. The molecule has 2 aromatic rings. The summed E-state index contributed by atoms with van der Waals surface area (Å²) in [5.74, 6) is -2.27. The molecule has 0 radical (unpaired) electrons. The van der Waals surface area contributed by atoms with Crippen LogP contribution in [0.15, 0.2) is 24.3 Å². The second kappa shape index (κ2) is 5.80. The van der Waals surface area contributed by atoms with E-state index in [1.165, 1.54) is 18.1 Å². The molecule has 3 N–H and O–H groups in total. The van der Waals surface area contributed by atoms with Gasteiger partial charge in [-0.25, -0.2) is 0 Å². The van der Waals surface area contributed by atoms with Gasteiger partial charge in [-0.15, -0.1) is 4.39 Å². The fourth-order valence-electron chi connectivity index (χ4n) is 2.78. The second-order valence-corrected chi connectivity index (χ2v) is 5.71. The van der Waals surface area contributed by atoms with Crippen molar-refractivity contribution in [1.29, 1.82) is 0 Å². The van der Waals surface area contributed by atoms with E-state index in [0.29, 0.717) is 0 Å². The summed E-state index contributed by atoms with van der Waals surface area (Å²) >= 11 is 0. The van der Waals surface area contributed by atoms with Crippen molar-refractivity contribution in [2.24, 2.45) is 0 Å². The Kier molecular flexibility index (Phi) is 3.82. The lowest BCUT2D eigenvalue weighted by atomic mass is 9.88. The number of anilines is 2. The molecular formula is C16H18FN6+. The fraction of sp³-hybridized carbons (Fsp3) is 0.375. The first kappa shape index (κ1) is 15.2. The predicted octanol–water partition coefficient (Wildman–Crippen LogP) is 3.05. The van der Waals surface area contributed by atoms with E-state index in [-0.39, 0.29) is 23.8 Å². The van der Waals surface area contributed by atoms with E-state index in [0.717, 1.165) is 19.3 Å². The van der Waals surface area contributed by atoms with Crippen LogP contribution in [0.3, 0.4) is 0 Å². The lowest BCUT2D eigenvalue weighted by Crippen LogP contribution is -2.22. The Morgan fingerprint density at radius 2 is 2.13 bits per heavy atom. The van der Waals surface area contributed by atoms with Crippen LogP contribution in [0.5, 0.6) is 0 Å². The highest BCUT2D eigenvalue weighted by Gasteiger charge is 2.41. The van der Waals surface area contributed by atoms with E-state index in [4.69, 9.17) is 12.3 Å². The largest absolute Gasteiger partial charge is 0.474 e.